The number of rotatable bonds is 0. The molecule has 1 amide bonds. The van der Waals surface area contributed by atoms with E-state index in [4.69, 9.17) is 4.74 Å². The maximum Gasteiger partial charge on any atom is 0.410 e. The predicted molar refractivity (Wildman–Crippen MR) is 57.8 cm³/mol. The van der Waals surface area contributed by atoms with Crippen molar-refractivity contribution in [2.24, 2.45) is 0 Å². The van der Waals surface area contributed by atoms with Gasteiger partial charge in [0.25, 0.3) is 0 Å². The lowest BCUT2D eigenvalue weighted by atomic mass is 10.1. The van der Waals surface area contributed by atoms with Gasteiger partial charge in [0.1, 0.15) is 5.60 Å². The van der Waals surface area contributed by atoms with Gasteiger partial charge in [-0.25, -0.2) is 4.79 Å². The van der Waals surface area contributed by atoms with Crippen molar-refractivity contribution in [3.63, 3.8) is 0 Å². The largest absolute Gasteiger partial charge is 0.444 e. The monoisotopic (exact) mass is 212 g/mol. The predicted octanol–water partition coefficient (Wildman–Crippen LogP) is 1.36. The number of hydrogen-bond donors (Lipinski definition) is 1. The molecule has 2 atom stereocenters. The lowest BCUT2D eigenvalue weighted by Gasteiger charge is -2.27. The second kappa shape index (κ2) is 3.67. The molecule has 0 aromatic rings. The van der Waals surface area contributed by atoms with Gasteiger partial charge in [0, 0.05) is 12.6 Å². The first-order valence-electron chi connectivity index (χ1n) is 5.70. The van der Waals surface area contributed by atoms with Gasteiger partial charge in [-0.15, -0.1) is 0 Å². The molecule has 4 nitrogen and oxygen atoms in total. The Kier molecular flexibility index (Phi) is 2.63. The summed E-state index contributed by atoms with van der Waals surface area (Å²) in [7, 11) is 0. The zero-order valence-electron chi connectivity index (χ0n) is 9.75. The van der Waals surface area contributed by atoms with Crippen LogP contribution in [0.25, 0.3) is 0 Å². The highest BCUT2D eigenvalue weighted by Gasteiger charge is 2.41. The second-order valence-electron chi connectivity index (χ2n) is 5.38. The summed E-state index contributed by atoms with van der Waals surface area (Å²) in [6.07, 6.45) is 1.96. The molecule has 2 rings (SSSR count). The number of carbonyl (C=O) groups is 1. The molecule has 4 heteroatoms. The summed E-state index contributed by atoms with van der Waals surface area (Å²) in [5.41, 5.74) is -0.388. The van der Waals surface area contributed by atoms with Crippen LogP contribution >= 0.6 is 0 Å². The minimum atomic E-state index is -0.388. The highest BCUT2D eigenvalue weighted by atomic mass is 16.6. The summed E-state index contributed by atoms with van der Waals surface area (Å²) in [6.45, 7) is 7.58. The number of nitrogens with zero attached hydrogens (tertiary/aromatic N) is 1. The fourth-order valence-electron chi connectivity index (χ4n) is 2.41. The Bertz CT molecular complexity index is 260. The van der Waals surface area contributed by atoms with Crippen LogP contribution < -0.4 is 5.32 Å². The van der Waals surface area contributed by atoms with E-state index in [1.54, 1.807) is 0 Å². The quantitative estimate of drug-likeness (QED) is 0.659. The van der Waals surface area contributed by atoms with E-state index in [0.717, 1.165) is 25.9 Å². The number of hydrogen-bond acceptors (Lipinski definition) is 3. The van der Waals surface area contributed by atoms with Crippen molar-refractivity contribution in [1.82, 2.24) is 10.2 Å². The fraction of sp³-hybridized carbons (Fsp3) is 0.909. The van der Waals surface area contributed by atoms with E-state index in [1.807, 2.05) is 25.7 Å². The standard InChI is InChI=1S/C11H20N2O2/c1-11(2,3)15-10(14)13-7-5-8-9(13)4-6-12-8/h8-9,12H,4-7H2,1-3H3. The van der Waals surface area contributed by atoms with E-state index in [1.165, 1.54) is 0 Å². The van der Waals surface area contributed by atoms with Gasteiger partial charge in [-0.05, 0) is 40.2 Å². The van der Waals surface area contributed by atoms with Gasteiger partial charge in [0.2, 0.25) is 0 Å². The molecule has 2 saturated heterocycles. The van der Waals surface area contributed by atoms with Crippen LogP contribution in [-0.4, -0.2) is 41.8 Å². The molecule has 0 aromatic heterocycles. The zero-order valence-corrected chi connectivity index (χ0v) is 9.75. The SMILES string of the molecule is CC(C)(C)OC(=O)N1CCC2NCCC21. The lowest BCUT2D eigenvalue weighted by molar-refractivity contribution is 0.0227. The van der Waals surface area contributed by atoms with Crippen LogP contribution in [0, 0.1) is 0 Å². The van der Waals surface area contributed by atoms with Gasteiger partial charge in [0.05, 0.1) is 6.04 Å². The molecule has 2 unspecified atom stereocenters. The minimum absolute atomic E-state index is 0.154. The van der Waals surface area contributed by atoms with Crippen molar-refractivity contribution in [1.29, 1.82) is 0 Å². The molecule has 0 bridgehead atoms. The normalized spacial score (nSPS) is 30.5. The molecule has 0 saturated carbocycles. The van der Waals surface area contributed by atoms with Crippen LogP contribution in [0.2, 0.25) is 0 Å². The van der Waals surface area contributed by atoms with E-state index in [2.05, 4.69) is 5.32 Å². The number of carbonyl (C=O) groups excluding carboxylic acids is 1. The van der Waals surface area contributed by atoms with Crippen molar-refractivity contribution >= 4 is 6.09 Å². The first-order valence-corrected chi connectivity index (χ1v) is 5.70. The first kappa shape index (κ1) is 10.7. The highest BCUT2D eigenvalue weighted by molar-refractivity contribution is 5.69. The minimum Gasteiger partial charge on any atom is -0.444 e. The van der Waals surface area contributed by atoms with Crippen LogP contribution in [0.1, 0.15) is 33.6 Å². The molecule has 86 valence electrons. The van der Waals surface area contributed by atoms with Crippen molar-refractivity contribution in [2.45, 2.75) is 51.3 Å². The molecule has 0 spiro atoms. The molecule has 0 aliphatic carbocycles. The van der Waals surface area contributed by atoms with E-state index >= 15 is 0 Å². The summed E-state index contributed by atoms with van der Waals surface area (Å²) in [5, 5.41) is 3.42. The Hall–Kier alpha value is -0.770. The molecule has 2 aliphatic rings. The number of fused-ring (bicyclic) bond motifs is 1. The summed E-state index contributed by atoms with van der Waals surface area (Å²) >= 11 is 0. The summed E-state index contributed by atoms with van der Waals surface area (Å²) < 4.78 is 5.39. The zero-order chi connectivity index (χ0) is 11.1. The molecule has 0 radical (unpaired) electrons. The van der Waals surface area contributed by atoms with E-state index in [9.17, 15) is 4.79 Å². The van der Waals surface area contributed by atoms with Crippen LogP contribution in [0.15, 0.2) is 0 Å². The van der Waals surface area contributed by atoms with Crippen LogP contribution in [0.5, 0.6) is 0 Å². The average molecular weight is 212 g/mol. The maximum atomic E-state index is 11.9. The third-order valence-electron chi connectivity index (χ3n) is 3.02. The summed E-state index contributed by atoms with van der Waals surface area (Å²) in [5.74, 6) is 0. The van der Waals surface area contributed by atoms with Crippen LogP contribution in [0.3, 0.4) is 0 Å². The smallest absolute Gasteiger partial charge is 0.410 e. The molecule has 2 fully saturated rings. The molecule has 2 aliphatic heterocycles. The van der Waals surface area contributed by atoms with Gasteiger partial charge < -0.3 is 15.0 Å². The van der Waals surface area contributed by atoms with Crippen molar-refractivity contribution in [3.05, 3.63) is 0 Å². The second-order valence-corrected chi connectivity index (χ2v) is 5.38. The Morgan fingerprint density at radius 1 is 1.40 bits per heavy atom. The van der Waals surface area contributed by atoms with Crippen LogP contribution in [-0.2, 0) is 4.74 Å². The molecule has 15 heavy (non-hydrogen) atoms. The number of nitrogens with one attached hydrogen (secondary N) is 1. The van der Waals surface area contributed by atoms with Crippen molar-refractivity contribution < 1.29 is 9.53 Å². The molecular weight excluding hydrogens is 192 g/mol. The number of likely N-dealkylation sites (tertiary alicyclic amines) is 1. The molecular formula is C11H20N2O2. The third-order valence-corrected chi connectivity index (χ3v) is 3.02. The topological polar surface area (TPSA) is 41.6 Å². The van der Waals surface area contributed by atoms with Gasteiger partial charge in [-0.3, -0.25) is 0 Å². The summed E-state index contributed by atoms with van der Waals surface area (Å²) in [4.78, 5) is 13.8. The summed E-state index contributed by atoms with van der Waals surface area (Å²) in [6, 6.07) is 0.859. The van der Waals surface area contributed by atoms with E-state index in [-0.39, 0.29) is 11.7 Å². The van der Waals surface area contributed by atoms with E-state index in [0.29, 0.717) is 12.1 Å². The fourth-order valence-corrected chi connectivity index (χ4v) is 2.41. The van der Waals surface area contributed by atoms with Crippen molar-refractivity contribution in [2.75, 3.05) is 13.1 Å². The van der Waals surface area contributed by atoms with Crippen LogP contribution in [0.4, 0.5) is 4.79 Å². The Balaban J connectivity index is 1.96. The van der Waals surface area contributed by atoms with Gasteiger partial charge in [0.15, 0.2) is 0 Å². The van der Waals surface area contributed by atoms with Crippen molar-refractivity contribution in [3.8, 4) is 0 Å². The van der Waals surface area contributed by atoms with Gasteiger partial charge >= 0.3 is 6.09 Å². The lowest BCUT2D eigenvalue weighted by Crippen LogP contribution is -2.41. The Labute approximate surface area is 91.0 Å². The highest BCUT2D eigenvalue weighted by Crippen LogP contribution is 2.26. The first-order chi connectivity index (χ1) is 6.97. The maximum absolute atomic E-state index is 11.9. The Morgan fingerprint density at radius 2 is 2.13 bits per heavy atom. The van der Waals surface area contributed by atoms with Gasteiger partial charge in [-0.2, -0.15) is 0 Å². The number of amides is 1. The molecule has 0 aromatic carbocycles. The molecule has 2 heterocycles. The third kappa shape index (κ3) is 2.25. The number of ether oxygens (including phenoxy) is 1. The average Bonchev–Trinajstić information content (AvgIpc) is 2.57. The van der Waals surface area contributed by atoms with E-state index < -0.39 is 0 Å². The Morgan fingerprint density at radius 3 is 2.80 bits per heavy atom. The molecule has 1 N–H and O–H groups in total. The van der Waals surface area contributed by atoms with Gasteiger partial charge in [-0.1, -0.05) is 0 Å².